The Kier molecular flexibility index (Phi) is 6.73. The fourth-order valence-electron chi connectivity index (χ4n) is 3.12. The highest BCUT2D eigenvalue weighted by Gasteiger charge is 2.24. The van der Waals surface area contributed by atoms with E-state index < -0.39 is 0 Å². The number of ether oxygens (including phenoxy) is 2. The van der Waals surface area contributed by atoms with Crippen LogP contribution in [0.4, 0.5) is 10.5 Å². The van der Waals surface area contributed by atoms with E-state index in [2.05, 4.69) is 10.6 Å². The number of carbonyl (C=O) groups excluding carboxylic acids is 2. The molecule has 28 heavy (non-hydrogen) atoms. The molecule has 0 aromatic heterocycles. The van der Waals surface area contributed by atoms with Crippen LogP contribution >= 0.6 is 0 Å². The van der Waals surface area contributed by atoms with Gasteiger partial charge < -0.3 is 25.0 Å². The maximum atomic E-state index is 12.4. The first-order valence-electron chi connectivity index (χ1n) is 9.32. The van der Waals surface area contributed by atoms with Crippen LogP contribution in [0, 0.1) is 0 Å². The summed E-state index contributed by atoms with van der Waals surface area (Å²) in [6, 6.07) is 16.4. The van der Waals surface area contributed by atoms with Crippen LogP contribution in [0.3, 0.4) is 0 Å². The van der Waals surface area contributed by atoms with Gasteiger partial charge in [-0.05, 0) is 37.1 Å². The summed E-state index contributed by atoms with van der Waals surface area (Å²) >= 11 is 0. The first kappa shape index (κ1) is 19.5. The molecule has 7 nitrogen and oxygen atoms in total. The zero-order chi connectivity index (χ0) is 19.8. The van der Waals surface area contributed by atoms with E-state index in [1.54, 1.807) is 24.1 Å². The second-order valence-corrected chi connectivity index (χ2v) is 6.56. The van der Waals surface area contributed by atoms with E-state index in [1.165, 1.54) is 0 Å². The maximum Gasteiger partial charge on any atom is 0.319 e. The van der Waals surface area contributed by atoms with Gasteiger partial charge in [-0.25, -0.2) is 4.79 Å². The molecule has 3 rings (SSSR count). The summed E-state index contributed by atoms with van der Waals surface area (Å²) in [7, 11) is 1.57. The number of rotatable bonds is 6. The Morgan fingerprint density at radius 1 is 1.00 bits per heavy atom. The number of nitrogens with zero attached hydrogens (tertiary/aromatic N) is 1. The molecule has 3 amide bonds. The highest BCUT2D eigenvalue weighted by molar-refractivity contribution is 5.89. The number of methoxy groups -OCH3 is 1. The van der Waals surface area contributed by atoms with Crippen molar-refractivity contribution in [3.05, 3.63) is 54.6 Å². The summed E-state index contributed by atoms with van der Waals surface area (Å²) < 4.78 is 10.8. The molecule has 0 bridgehead atoms. The quantitative estimate of drug-likeness (QED) is 0.804. The molecule has 2 aromatic carbocycles. The van der Waals surface area contributed by atoms with Crippen molar-refractivity contribution in [2.75, 3.05) is 32.1 Å². The largest absolute Gasteiger partial charge is 0.493 e. The first-order chi connectivity index (χ1) is 13.7. The molecule has 2 N–H and O–H groups in total. The Morgan fingerprint density at radius 3 is 2.32 bits per heavy atom. The Labute approximate surface area is 164 Å². The lowest BCUT2D eigenvalue weighted by Gasteiger charge is -2.32. The van der Waals surface area contributed by atoms with Crippen molar-refractivity contribution in [2.24, 2.45) is 0 Å². The fraction of sp³-hybridized carbons (Fsp3) is 0.333. The van der Waals surface area contributed by atoms with Crippen LogP contribution in [0.1, 0.15) is 12.8 Å². The van der Waals surface area contributed by atoms with Crippen molar-refractivity contribution in [3.63, 3.8) is 0 Å². The third-order valence-corrected chi connectivity index (χ3v) is 4.63. The summed E-state index contributed by atoms with van der Waals surface area (Å²) in [6.07, 6.45) is 1.42. The Balaban J connectivity index is 1.40. The van der Waals surface area contributed by atoms with Gasteiger partial charge in [0.05, 0.1) is 7.11 Å². The number of nitrogens with one attached hydrogen (secondary N) is 2. The molecule has 0 saturated carbocycles. The number of anilines is 1. The van der Waals surface area contributed by atoms with Crippen LogP contribution in [-0.4, -0.2) is 49.7 Å². The summed E-state index contributed by atoms with van der Waals surface area (Å²) in [5, 5.41) is 5.77. The maximum absolute atomic E-state index is 12.4. The summed E-state index contributed by atoms with van der Waals surface area (Å²) in [5.74, 6) is 1.08. The number of benzene rings is 2. The molecule has 0 atom stereocenters. The molecular formula is C21H25N3O4. The number of hydrogen-bond acceptors (Lipinski definition) is 4. The molecule has 148 valence electrons. The van der Waals surface area contributed by atoms with E-state index in [-0.39, 0.29) is 24.6 Å². The molecule has 1 aliphatic heterocycles. The van der Waals surface area contributed by atoms with Crippen molar-refractivity contribution < 1.29 is 19.1 Å². The van der Waals surface area contributed by atoms with Crippen LogP contribution in [0.15, 0.2) is 54.6 Å². The molecule has 1 aliphatic rings. The van der Waals surface area contributed by atoms with Gasteiger partial charge in [-0.2, -0.15) is 0 Å². The van der Waals surface area contributed by atoms with Crippen molar-refractivity contribution >= 4 is 17.6 Å². The van der Waals surface area contributed by atoms with Gasteiger partial charge in [-0.3, -0.25) is 4.79 Å². The molecule has 1 fully saturated rings. The van der Waals surface area contributed by atoms with E-state index in [1.807, 2.05) is 42.5 Å². The lowest BCUT2D eigenvalue weighted by Crippen LogP contribution is -2.48. The Bertz CT molecular complexity index is 789. The zero-order valence-corrected chi connectivity index (χ0v) is 15.9. The second-order valence-electron chi connectivity index (χ2n) is 6.56. The number of piperidine rings is 1. The molecule has 0 aliphatic carbocycles. The van der Waals surface area contributed by atoms with Crippen LogP contribution < -0.4 is 20.1 Å². The minimum absolute atomic E-state index is 0.0348. The number of carbonyl (C=O) groups is 2. The van der Waals surface area contributed by atoms with E-state index >= 15 is 0 Å². The number of amides is 3. The Hall–Kier alpha value is -3.22. The van der Waals surface area contributed by atoms with Crippen LogP contribution in [0.2, 0.25) is 0 Å². The van der Waals surface area contributed by atoms with Crippen molar-refractivity contribution in [1.82, 2.24) is 10.2 Å². The van der Waals surface area contributed by atoms with Crippen LogP contribution in [0.25, 0.3) is 0 Å². The number of urea groups is 1. The smallest absolute Gasteiger partial charge is 0.319 e. The highest BCUT2D eigenvalue weighted by Crippen LogP contribution is 2.25. The van der Waals surface area contributed by atoms with E-state index in [9.17, 15) is 9.59 Å². The molecule has 0 spiro atoms. The number of hydrogen-bond donors (Lipinski definition) is 2. The van der Waals surface area contributed by atoms with Gasteiger partial charge in [-0.15, -0.1) is 0 Å². The van der Waals surface area contributed by atoms with Crippen LogP contribution in [-0.2, 0) is 4.79 Å². The molecular weight excluding hydrogens is 358 g/mol. The second kappa shape index (κ2) is 9.64. The minimum atomic E-state index is -0.226. The molecule has 0 unspecified atom stereocenters. The lowest BCUT2D eigenvalue weighted by atomic mass is 10.1. The van der Waals surface area contributed by atoms with Crippen LogP contribution in [0.5, 0.6) is 11.5 Å². The standard InChI is InChI=1S/C21H25N3O4/c1-27-18-9-5-6-10-19(18)28-15-20(25)24-13-11-17(12-14-24)23-21(26)22-16-7-3-2-4-8-16/h2-10,17H,11-15H2,1H3,(H2,22,23,26). The first-order valence-corrected chi connectivity index (χ1v) is 9.32. The highest BCUT2D eigenvalue weighted by atomic mass is 16.5. The van der Waals surface area contributed by atoms with Gasteiger partial charge in [0.2, 0.25) is 0 Å². The Morgan fingerprint density at radius 2 is 1.64 bits per heavy atom. The number of likely N-dealkylation sites (tertiary alicyclic amines) is 1. The molecule has 0 radical (unpaired) electrons. The third kappa shape index (κ3) is 5.39. The van der Waals surface area contributed by atoms with E-state index in [0.29, 0.717) is 37.4 Å². The van der Waals surface area contributed by atoms with Gasteiger partial charge >= 0.3 is 6.03 Å². The summed E-state index contributed by atoms with van der Waals surface area (Å²) in [4.78, 5) is 26.2. The SMILES string of the molecule is COc1ccccc1OCC(=O)N1CCC(NC(=O)Nc2ccccc2)CC1. The third-order valence-electron chi connectivity index (χ3n) is 4.63. The monoisotopic (exact) mass is 383 g/mol. The van der Waals surface area contributed by atoms with Gasteiger partial charge in [0, 0.05) is 24.8 Å². The molecule has 2 aromatic rings. The van der Waals surface area contributed by atoms with Crippen molar-refractivity contribution in [1.29, 1.82) is 0 Å². The lowest BCUT2D eigenvalue weighted by molar-refractivity contribution is -0.134. The van der Waals surface area contributed by atoms with Gasteiger partial charge in [0.15, 0.2) is 18.1 Å². The average molecular weight is 383 g/mol. The zero-order valence-electron chi connectivity index (χ0n) is 15.9. The summed E-state index contributed by atoms with van der Waals surface area (Å²) in [5.41, 5.74) is 0.751. The summed E-state index contributed by atoms with van der Waals surface area (Å²) in [6.45, 7) is 1.14. The topological polar surface area (TPSA) is 79.9 Å². The van der Waals surface area contributed by atoms with Gasteiger partial charge in [-0.1, -0.05) is 30.3 Å². The normalized spacial score (nSPS) is 14.2. The van der Waals surface area contributed by atoms with Crippen molar-refractivity contribution in [2.45, 2.75) is 18.9 Å². The van der Waals surface area contributed by atoms with E-state index in [0.717, 1.165) is 5.69 Å². The predicted molar refractivity (Wildman–Crippen MR) is 107 cm³/mol. The van der Waals surface area contributed by atoms with Gasteiger partial charge in [0.25, 0.3) is 5.91 Å². The molecule has 7 heteroatoms. The predicted octanol–water partition coefficient (Wildman–Crippen LogP) is 2.89. The van der Waals surface area contributed by atoms with Crippen molar-refractivity contribution in [3.8, 4) is 11.5 Å². The molecule has 1 saturated heterocycles. The van der Waals surface area contributed by atoms with Gasteiger partial charge in [0.1, 0.15) is 0 Å². The molecule has 1 heterocycles. The minimum Gasteiger partial charge on any atom is -0.493 e. The van der Waals surface area contributed by atoms with E-state index in [4.69, 9.17) is 9.47 Å². The number of para-hydroxylation sites is 3. The fourth-order valence-corrected chi connectivity index (χ4v) is 3.12. The average Bonchev–Trinajstić information content (AvgIpc) is 2.73.